The van der Waals surface area contributed by atoms with E-state index in [4.69, 9.17) is 4.74 Å². The van der Waals surface area contributed by atoms with Crippen LogP contribution < -0.4 is 0 Å². The Balaban J connectivity index is 2.25. The zero-order valence-electron chi connectivity index (χ0n) is 10.3. The standard InChI is InChI=1S/C14H16O2S/c1-4-14(2)13(15)9-12(16-14)10-5-7-11(17-3)8-6-10/h5-9H,4H2,1-3H3/t14-/m1/s1. The highest BCUT2D eigenvalue weighted by atomic mass is 32.2. The SMILES string of the molecule is CC[C@@]1(C)OC(c2ccc(SC)cc2)=CC1=O. The van der Waals surface area contributed by atoms with Gasteiger partial charge in [-0.2, -0.15) is 0 Å². The molecule has 0 aliphatic carbocycles. The van der Waals surface area contributed by atoms with Gasteiger partial charge >= 0.3 is 0 Å². The number of carbonyl (C=O) groups is 1. The predicted octanol–water partition coefficient (Wildman–Crippen LogP) is 3.52. The van der Waals surface area contributed by atoms with Gasteiger partial charge in [0.2, 0.25) is 5.78 Å². The Labute approximate surface area is 106 Å². The summed E-state index contributed by atoms with van der Waals surface area (Å²) in [7, 11) is 0. The summed E-state index contributed by atoms with van der Waals surface area (Å²) in [5.41, 5.74) is 0.293. The molecule has 1 atom stereocenters. The monoisotopic (exact) mass is 248 g/mol. The van der Waals surface area contributed by atoms with Gasteiger partial charge in [0.1, 0.15) is 5.76 Å². The normalized spacial score (nSPS) is 23.5. The van der Waals surface area contributed by atoms with E-state index in [1.807, 2.05) is 44.4 Å². The third-order valence-electron chi connectivity index (χ3n) is 3.17. The lowest BCUT2D eigenvalue weighted by Crippen LogP contribution is -2.31. The van der Waals surface area contributed by atoms with Crippen molar-refractivity contribution in [3.05, 3.63) is 35.9 Å². The molecule has 0 N–H and O–H groups in total. The van der Waals surface area contributed by atoms with E-state index in [9.17, 15) is 4.79 Å². The molecular formula is C14H16O2S. The van der Waals surface area contributed by atoms with Gasteiger partial charge in [-0.25, -0.2) is 0 Å². The quantitative estimate of drug-likeness (QED) is 0.766. The summed E-state index contributed by atoms with van der Waals surface area (Å²) in [4.78, 5) is 13.0. The number of hydrogen-bond acceptors (Lipinski definition) is 3. The van der Waals surface area contributed by atoms with Crippen LogP contribution in [0.3, 0.4) is 0 Å². The van der Waals surface area contributed by atoms with E-state index in [2.05, 4.69) is 0 Å². The number of hydrogen-bond donors (Lipinski definition) is 0. The molecule has 1 aromatic rings. The van der Waals surface area contributed by atoms with Crippen LogP contribution in [0.1, 0.15) is 25.8 Å². The maximum Gasteiger partial charge on any atom is 0.202 e. The van der Waals surface area contributed by atoms with Crippen LogP contribution in [0.4, 0.5) is 0 Å². The summed E-state index contributed by atoms with van der Waals surface area (Å²) < 4.78 is 5.77. The topological polar surface area (TPSA) is 26.3 Å². The van der Waals surface area contributed by atoms with E-state index in [1.54, 1.807) is 17.8 Å². The molecule has 0 bridgehead atoms. The lowest BCUT2D eigenvalue weighted by molar-refractivity contribution is -0.127. The first kappa shape index (κ1) is 12.2. The lowest BCUT2D eigenvalue weighted by atomic mass is 9.99. The number of ether oxygens (including phenoxy) is 1. The Kier molecular flexibility index (Phi) is 3.29. The molecule has 0 spiro atoms. The molecule has 0 unspecified atom stereocenters. The summed E-state index contributed by atoms with van der Waals surface area (Å²) in [5, 5.41) is 0. The van der Waals surface area contributed by atoms with E-state index < -0.39 is 5.60 Å². The fourth-order valence-electron chi connectivity index (χ4n) is 1.74. The van der Waals surface area contributed by atoms with Crippen LogP contribution in [0.5, 0.6) is 0 Å². The number of ketones is 1. The zero-order chi connectivity index (χ0) is 12.5. The fourth-order valence-corrected chi connectivity index (χ4v) is 2.15. The van der Waals surface area contributed by atoms with Crippen LogP contribution >= 0.6 is 11.8 Å². The third-order valence-corrected chi connectivity index (χ3v) is 3.91. The molecule has 0 fully saturated rings. The number of rotatable bonds is 3. The van der Waals surface area contributed by atoms with Crippen molar-refractivity contribution in [2.75, 3.05) is 6.26 Å². The second kappa shape index (κ2) is 4.57. The molecule has 0 radical (unpaired) electrons. The van der Waals surface area contributed by atoms with Crippen LogP contribution in [0.2, 0.25) is 0 Å². The fraction of sp³-hybridized carbons (Fsp3) is 0.357. The Morgan fingerprint density at radius 2 is 1.94 bits per heavy atom. The molecule has 0 saturated heterocycles. The first-order chi connectivity index (χ1) is 8.09. The Bertz CT molecular complexity index is 462. The van der Waals surface area contributed by atoms with Crippen LogP contribution in [0, 0.1) is 0 Å². The molecule has 1 aliphatic heterocycles. The van der Waals surface area contributed by atoms with Crippen molar-refractivity contribution in [3.63, 3.8) is 0 Å². The van der Waals surface area contributed by atoms with Crippen LogP contribution in [-0.4, -0.2) is 17.6 Å². The molecule has 0 saturated carbocycles. The van der Waals surface area contributed by atoms with Gasteiger partial charge in [0.25, 0.3) is 0 Å². The summed E-state index contributed by atoms with van der Waals surface area (Å²) in [6.07, 6.45) is 4.34. The van der Waals surface area contributed by atoms with Gasteiger partial charge in [-0.15, -0.1) is 11.8 Å². The van der Waals surface area contributed by atoms with Crippen molar-refractivity contribution >= 4 is 23.3 Å². The van der Waals surface area contributed by atoms with Gasteiger partial charge in [-0.1, -0.05) is 19.1 Å². The molecule has 0 amide bonds. The first-order valence-electron chi connectivity index (χ1n) is 5.68. The van der Waals surface area contributed by atoms with E-state index in [0.717, 1.165) is 5.56 Å². The summed E-state index contributed by atoms with van der Waals surface area (Å²) >= 11 is 1.70. The minimum atomic E-state index is -0.673. The maximum atomic E-state index is 11.8. The first-order valence-corrected chi connectivity index (χ1v) is 6.91. The average molecular weight is 248 g/mol. The van der Waals surface area contributed by atoms with E-state index in [1.165, 1.54) is 4.90 Å². The lowest BCUT2D eigenvalue weighted by Gasteiger charge is -2.21. The van der Waals surface area contributed by atoms with Gasteiger partial charge < -0.3 is 4.74 Å². The molecule has 2 rings (SSSR count). The molecule has 3 heteroatoms. The van der Waals surface area contributed by atoms with Crippen LogP contribution in [0.15, 0.2) is 35.2 Å². The highest BCUT2D eigenvalue weighted by molar-refractivity contribution is 7.98. The van der Waals surface area contributed by atoms with Crippen molar-refractivity contribution < 1.29 is 9.53 Å². The molecule has 17 heavy (non-hydrogen) atoms. The van der Waals surface area contributed by atoms with E-state index in [0.29, 0.717) is 12.2 Å². The minimum absolute atomic E-state index is 0.0592. The number of thioether (sulfide) groups is 1. The Hall–Kier alpha value is -1.22. The van der Waals surface area contributed by atoms with Crippen molar-refractivity contribution in [2.45, 2.75) is 30.8 Å². The number of carbonyl (C=O) groups excluding carboxylic acids is 1. The van der Waals surface area contributed by atoms with Crippen LogP contribution in [0.25, 0.3) is 5.76 Å². The molecule has 2 nitrogen and oxygen atoms in total. The summed E-state index contributed by atoms with van der Waals surface area (Å²) in [5.74, 6) is 0.746. The maximum absolute atomic E-state index is 11.8. The third kappa shape index (κ3) is 2.25. The Morgan fingerprint density at radius 3 is 2.41 bits per heavy atom. The van der Waals surface area contributed by atoms with Crippen molar-refractivity contribution in [2.24, 2.45) is 0 Å². The second-order valence-electron chi connectivity index (χ2n) is 4.29. The number of benzene rings is 1. The van der Waals surface area contributed by atoms with E-state index in [-0.39, 0.29) is 5.78 Å². The largest absolute Gasteiger partial charge is 0.479 e. The van der Waals surface area contributed by atoms with Gasteiger partial charge in [0.05, 0.1) is 0 Å². The van der Waals surface area contributed by atoms with Crippen molar-refractivity contribution in [3.8, 4) is 0 Å². The highest BCUT2D eigenvalue weighted by Crippen LogP contribution is 2.33. The minimum Gasteiger partial charge on any atom is -0.479 e. The van der Waals surface area contributed by atoms with E-state index >= 15 is 0 Å². The van der Waals surface area contributed by atoms with Gasteiger partial charge in [-0.05, 0) is 31.7 Å². The molecule has 1 heterocycles. The predicted molar refractivity (Wildman–Crippen MR) is 71.0 cm³/mol. The van der Waals surface area contributed by atoms with Gasteiger partial charge in [0.15, 0.2) is 5.60 Å². The molecule has 1 aliphatic rings. The van der Waals surface area contributed by atoms with Gasteiger partial charge in [-0.3, -0.25) is 4.79 Å². The van der Waals surface area contributed by atoms with Crippen LogP contribution in [-0.2, 0) is 9.53 Å². The summed E-state index contributed by atoms with van der Waals surface area (Å²) in [6.45, 7) is 3.81. The molecule has 90 valence electrons. The zero-order valence-corrected chi connectivity index (χ0v) is 11.1. The molecule has 1 aromatic carbocycles. The molecular weight excluding hydrogens is 232 g/mol. The smallest absolute Gasteiger partial charge is 0.202 e. The average Bonchev–Trinajstić information content (AvgIpc) is 2.67. The Morgan fingerprint density at radius 1 is 1.29 bits per heavy atom. The van der Waals surface area contributed by atoms with Gasteiger partial charge in [0, 0.05) is 16.5 Å². The summed E-state index contributed by atoms with van der Waals surface area (Å²) in [6, 6.07) is 8.06. The second-order valence-corrected chi connectivity index (χ2v) is 5.17. The molecule has 0 aromatic heterocycles. The highest BCUT2D eigenvalue weighted by Gasteiger charge is 2.38. The van der Waals surface area contributed by atoms with Crippen molar-refractivity contribution in [1.82, 2.24) is 0 Å². The van der Waals surface area contributed by atoms with Crippen molar-refractivity contribution in [1.29, 1.82) is 0 Å².